The van der Waals surface area contributed by atoms with Gasteiger partial charge in [0.1, 0.15) is 0 Å². The van der Waals surface area contributed by atoms with Crippen LogP contribution in [0.5, 0.6) is 0 Å². The fraction of sp³-hybridized carbons (Fsp3) is 1.00. The third kappa shape index (κ3) is 6.59. The summed E-state index contributed by atoms with van der Waals surface area (Å²) in [7, 11) is 1.56. The molecule has 0 radical (unpaired) electrons. The Kier molecular flexibility index (Phi) is 9.12. The fourth-order valence-corrected chi connectivity index (χ4v) is 4.86. The van der Waals surface area contributed by atoms with E-state index >= 15 is 0 Å². The average Bonchev–Trinajstić information content (AvgIpc) is 2.55. The van der Waals surface area contributed by atoms with Gasteiger partial charge in [-0.3, -0.25) is 0 Å². The van der Waals surface area contributed by atoms with Crippen molar-refractivity contribution in [3.8, 4) is 0 Å². The molecule has 0 aromatic carbocycles. The Morgan fingerprint density at radius 3 is 1.15 bits per heavy atom. The van der Waals surface area contributed by atoms with Crippen molar-refractivity contribution in [2.45, 2.75) is 55.9 Å². The Balaban J connectivity index is 3.86. The highest BCUT2D eigenvalue weighted by Gasteiger charge is 2.78. The maximum Gasteiger partial charge on any atom is 0.907 e. The number of rotatable bonds is 2. The molecule has 0 saturated carbocycles. The Morgan fingerprint density at radius 2 is 0.939 bits per heavy atom. The van der Waals surface area contributed by atoms with E-state index in [-0.39, 0.29) is 0 Å². The van der Waals surface area contributed by atoms with Crippen molar-refractivity contribution in [2.75, 3.05) is 40.3 Å². The first-order valence-electron chi connectivity index (χ1n) is 9.14. The number of hydrogen-bond acceptors (Lipinski definition) is 5. The summed E-state index contributed by atoms with van der Waals surface area (Å²) < 4.78 is 178. The van der Waals surface area contributed by atoms with E-state index in [1.54, 1.807) is 0 Å². The second-order valence-corrected chi connectivity index (χ2v) is 9.15. The molecule has 1 aliphatic rings. The van der Waals surface area contributed by atoms with Gasteiger partial charge in [-0.15, -0.1) is 0 Å². The molecular weight excluding hydrogens is 511 g/mol. The maximum atomic E-state index is 13.7. The van der Waals surface area contributed by atoms with Gasteiger partial charge in [-0.25, -0.2) is 0 Å². The van der Waals surface area contributed by atoms with E-state index in [4.69, 9.17) is 0 Å². The zero-order valence-corrected chi connectivity index (χ0v) is 18.8. The van der Waals surface area contributed by atoms with E-state index in [9.17, 15) is 52.7 Å². The van der Waals surface area contributed by atoms with Crippen LogP contribution >= 0.6 is 0 Å². The van der Waals surface area contributed by atoms with Crippen molar-refractivity contribution in [3.05, 3.63) is 0 Å². The van der Waals surface area contributed by atoms with Gasteiger partial charge in [-0.05, 0) is 27.9 Å². The zero-order chi connectivity index (χ0) is 26.3. The average molecular weight is 532 g/mol. The molecule has 0 aromatic rings. The van der Waals surface area contributed by atoms with Crippen molar-refractivity contribution >= 4 is 15.1 Å². The lowest BCUT2D eigenvalue weighted by Gasteiger charge is -2.43. The van der Waals surface area contributed by atoms with Gasteiger partial charge in [0.15, 0.2) is 0 Å². The predicted molar refractivity (Wildman–Crippen MR) is 88.8 cm³/mol. The summed E-state index contributed by atoms with van der Waals surface area (Å²) in [5.41, 5.74) is -10.3. The Hall–Kier alpha value is -0.508. The van der Waals surface area contributed by atoms with Crippen molar-refractivity contribution in [3.63, 3.8) is 0 Å². The molecular formula is C15H21AlF12N2O3. The van der Waals surface area contributed by atoms with E-state index < -0.39 is 83.3 Å². The van der Waals surface area contributed by atoms with Crippen LogP contribution in [0, 0.1) is 0 Å². The second-order valence-electron chi connectivity index (χ2n) is 7.83. The van der Waals surface area contributed by atoms with Crippen LogP contribution in [0.15, 0.2) is 0 Å². The van der Waals surface area contributed by atoms with Gasteiger partial charge < -0.3 is 21.2 Å². The minimum atomic E-state index is -6.30. The first-order chi connectivity index (χ1) is 14.5. The van der Waals surface area contributed by atoms with Crippen molar-refractivity contribution in [1.29, 1.82) is 0 Å². The molecule has 0 N–H and O–H groups in total. The first-order valence-corrected chi connectivity index (χ1v) is 10.6. The molecule has 18 heteroatoms. The molecule has 33 heavy (non-hydrogen) atoms. The molecule has 1 rings (SSSR count). The van der Waals surface area contributed by atoms with Gasteiger partial charge in [0.25, 0.3) is 0 Å². The second kappa shape index (κ2) is 9.86. The molecule has 0 aliphatic carbocycles. The highest BCUT2D eigenvalue weighted by atomic mass is 27.3. The van der Waals surface area contributed by atoms with E-state index in [2.05, 4.69) is 11.4 Å². The number of likely N-dealkylation sites (N-methyl/N-ethyl adjacent to an activating group) is 2. The van der Waals surface area contributed by atoms with Crippen molar-refractivity contribution in [2.24, 2.45) is 0 Å². The minimum absolute atomic E-state index is 0.437. The highest BCUT2D eigenvalue weighted by molar-refractivity contribution is 6.37. The van der Waals surface area contributed by atoms with Crippen molar-refractivity contribution < 1.29 is 64.1 Å². The SMILES string of the molecule is CC(C)[O][Al]1[O]C(C(F)(F)F)(C(F)(F)F)CN(C)CCN(C)CC(C(F)(F)F)(C(F)(F)F)[O]1. The molecule has 0 spiro atoms. The summed E-state index contributed by atoms with van der Waals surface area (Å²) in [5, 5.41) is 0. The third-order valence-corrected chi connectivity index (χ3v) is 6.61. The lowest BCUT2D eigenvalue weighted by Crippen LogP contribution is -2.69. The van der Waals surface area contributed by atoms with Crippen LogP contribution in [0.1, 0.15) is 13.8 Å². The topological polar surface area (TPSA) is 34.2 Å². The van der Waals surface area contributed by atoms with Gasteiger partial charge in [0.05, 0.1) is 0 Å². The standard InChI is InChI=1S/C12H14F12N2O2.C3H7O.Al/c1-25(5-7(27,9(13,14)15)10(16,17)18)3-4-26(2)6-8(28,11(19,20)21)12(22,23)24;1-3(2)4;/h3-6H2,1-2H3;3H,1-2H3;/q-2;-1;+3. The van der Waals surface area contributed by atoms with Crippen LogP contribution < -0.4 is 0 Å². The molecule has 0 unspecified atom stereocenters. The van der Waals surface area contributed by atoms with Crippen LogP contribution in [0.3, 0.4) is 0 Å². The van der Waals surface area contributed by atoms with Gasteiger partial charge >= 0.3 is 39.9 Å². The zero-order valence-electron chi connectivity index (χ0n) is 17.6. The minimum Gasteiger partial charge on any atom is -0.452 e. The van der Waals surface area contributed by atoms with Crippen LogP contribution in [-0.2, 0) is 11.4 Å². The first kappa shape index (κ1) is 30.5. The largest absolute Gasteiger partial charge is 0.907 e. The summed E-state index contributed by atoms with van der Waals surface area (Å²) >= 11 is -5.46. The summed E-state index contributed by atoms with van der Waals surface area (Å²) in [5.74, 6) is 0. The smallest absolute Gasteiger partial charge is 0.452 e. The highest BCUT2D eigenvalue weighted by Crippen LogP contribution is 2.50. The maximum absolute atomic E-state index is 13.7. The predicted octanol–water partition coefficient (Wildman–Crippen LogP) is 4.03. The lowest BCUT2D eigenvalue weighted by molar-refractivity contribution is -0.384. The number of nitrogens with zero attached hydrogens (tertiary/aromatic N) is 2. The Bertz CT molecular complexity index is 572. The van der Waals surface area contributed by atoms with E-state index in [0.717, 1.165) is 27.9 Å². The molecule has 0 amide bonds. The molecule has 1 heterocycles. The van der Waals surface area contributed by atoms with Crippen LogP contribution in [0.25, 0.3) is 0 Å². The summed E-state index contributed by atoms with van der Waals surface area (Å²) in [6.45, 7) is -3.53. The molecule has 1 saturated heterocycles. The monoisotopic (exact) mass is 532 g/mol. The van der Waals surface area contributed by atoms with E-state index in [1.807, 2.05) is 0 Å². The summed E-state index contributed by atoms with van der Waals surface area (Å²) in [6, 6.07) is 0. The Labute approximate surface area is 185 Å². The molecule has 0 aromatic heterocycles. The quantitative estimate of drug-likeness (QED) is 0.397. The Morgan fingerprint density at radius 1 is 0.667 bits per heavy atom. The molecule has 196 valence electrons. The van der Waals surface area contributed by atoms with Gasteiger partial charge in [0.2, 0.25) is 11.2 Å². The van der Waals surface area contributed by atoms with E-state index in [0.29, 0.717) is 9.80 Å². The van der Waals surface area contributed by atoms with Crippen LogP contribution in [0.2, 0.25) is 0 Å². The molecule has 1 aliphatic heterocycles. The fourth-order valence-electron chi connectivity index (χ4n) is 2.91. The van der Waals surface area contributed by atoms with Crippen molar-refractivity contribution in [1.82, 2.24) is 9.80 Å². The van der Waals surface area contributed by atoms with E-state index in [1.165, 1.54) is 0 Å². The molecule has 0 bridgehead atoms. The lowest BCUT2D eigenvalue weighted by atomic mass is 10.0. The van der Waals surface area contributed by atoms with Gasteiger partial charge in [0, 0.05) is 32.3 Å². The summed E-state index contributed by atoms with van der Waals surface area (Å²) in [6.07, 6.45) is -26.6. The summed E-state index contributed by atoms with van der Waals surface area (Å²) in [4.78, 5) is 0.874. The van der Waals surface area contributed by atoms with Crippen LogP contribution in [-0.4, -0.2) is 107 Å². The number of halogens is 12. The molecule has 0 atom stereocenters. The number of alkyl halides is 12. The van der Waals surface area contributed by atoms with Crippen LogP contribution in [0.4, 0.5) is 52.7 Å². The molecule has 1 fully saturated rings. The van der Waals surface area contributed by atoms with Gasteiger partial charge in [-0.2, -0.15) is 52.7 Å². The molecule has 5 nitrogen and oxygen atoms in total. The van der Waals surface area contributed by atoms with Gasteiger partial charge in [-0.1, -0.05) is 0 Å². The third-order valence-electron chi connectivity index (χ3n) is 4.66. The number of hydrogen-bond donors (Lipinski definition) is 0. The normalized spacial score (nSPS) is 23.0.